The number of carbonyl (C=O) groups excluding carboxylic acids is 1. The number of anilines is 6. The summed E-state index contributed by atoms with van der Waals surface area (Å²) >= 11 is 0. The zero-order valence-electron chi connectivity index (χ0n) is 24.5. The third kappa shape index (κ3) is 6.30. The minimum absolute atomic E-state index is 0.361. The van der Waals surface area contributed by atoms with Crippen LogP contribution in [-0.4, -0.2) is 5.97 Å². The average molecular weight is 573 g/mol. The summed E-state index contributed by atoms with van der Waals surface area (Å²) in [6, 6.07) is 55.8. The maximum absolute atomic E-state index is 12.0. The Morgan fingerprint density at radius 2 is 0.750 bits per heavy atom. The minimum Gasteiger partial charge on any atom is -0.423 e. The Labute approximate surface area is 258 Å². The standard InChI is InChI=1S/C40H32N2O2/c1-30(2)40(43)44-39-28-26-38(27-29-39)42(35-16-10-5-11-17-35)37-24-20-32(21-25-37)31-18-22-36(23-19-31)41(33-12-6-3-7-13-33)34-14-8-4-9-15-34/h3-29H,1H2,2H3. The quantitative estimate of drug-likeness (QED) is 0.0980. The molecule has 0 saturated carbocycles. The van der Waals surface area contributed by atoms with E-state index in [1.807, 2.05) is 42.5 Å². The summed E-state index contributed by atoms with van der Waals surface area (Å²) in [4.78, 5) is 16.4. The molecule has 0 spiro atoms. The molecule has 0 bridgehead atoms. The monoisotopic (exact) mass is 572 g/mol. The molecule has 6 aromatic carbocycles. The van der Waals surface area contributed by atoms with E-state index in [0.29, 0.717) is 11.3 Å². The molecule has 0 atom stereocenters. The SMILES string of the molecule is C=C(C)C(=O)Oc1ccc(N(c2ccccc2)c2ccc(-c3ccc(N(c4ccccc4)c4ccccc4)cc3)cc2)cc1. The molecule has 6 aromatic rings. The van der Waals surface area contributed by atoms with Crippen LogP contribution in [0.1, 0.15) is 6.92 Å². The molecule has 6 rings (SSSR count). The van der Waals surface area contributed by atoms with Gasteiger partial charge in [0, 0.05) is 39.7 Å². The maximum Gasteiger partial charge on any atom is 0.338 e. The molecule has 0 aliphatic heterocycles. The molecule has 4 heteroatoms. The lowest BCUT2D eigenvalue weighted by molar-refractivity contribution is -0.130. The fourth-order valence-electron chi connectivity index (χ4n) is 5.09. The van der Waals surface area contributed by atoms with Crippen molar-refractivity contribution < 1.29 is 9.53 Å². The molecule has 0 unspecified atom stereocenters. The van der Waals surface area contributed by atoms with E-state index in [4.69, 9.17) is 4.74 Å². The summed E-state index contributed by atoms with van der Waals surface area (Å²) in [7, 11) is 0. The van der Waals surface area contributed by atoms with Crippen LogP contribution in [0.4, 0.5) is 34.1 Å². The van der Waals surface area contributed by atoms with Crippen LogP contribution in [0, 0.1) is 0 Å². The van der Waals surface area contributed by atoms with Crippen molar-refractivity contribution in [2.24, 2.45) is 0 Å². The van der Waals surface area contributed by atoms with Crippen LogP contribution in [0.2, 0.25) is 0 Å². The van der Waals surface area contributed by atoms with Gasteiger partial charge in [-0.1, -0.05) is 85.4 Å². The van der Waals surface area contributed by atoms with Gasteiger partial charge >= 0.3 is 5.97 Å². The number of nitrogens with zero attached hydrogens (tertiary/aromatic N) is 2. The van der Waals surface area contributed by atoms with E-state index in [0.717, 1.165) is 45.3 Å². The second-order valence-corrected chi connectivity index (χ2v) is 10.4. The summed E-state index contributed by atoms with van der Waals surface area (Å²) in [6.07, 6.45) is 0. The first kappa shape index (κ1) is 28.3. The van der Waals surface area contributed by atoms with Gasteiger partial charge in [-0.15, -0.1) is 0 Å². The summed E-state index contributed by atoms with van der Waals surface area (Å²) in [6.45, 7) is 5.29. The van der Waals surface area contributed by atoms with Crippen molar-refractivity contribution in [2.45, 2.75) is 6.92 Å². The molecule has 0 aliphatic carbocycles. The molecule has 0 aromatic heterocycles. The lowest BCUT2D eigenvalue weighted by atomic mass is 10.0. The smallest absolute Gasteiger partial charge is 0.338 e. The Bertz CT molecular complexity index is 1790. The van der Waals surface area contributed by atoms with E-state index in [2.05, 4.69) is 126 Å². The van der Waals surface area contributed by atoms with Gasteiger partial charge in [0.1, 0.15) is 5.75 Å². The summed E-state index contributed by atoms with van der Waals surface area (Å²) in [5.74, 6) is 0.0424. The van der Waals surface area contributed by atoms with Crippen molar-refractivity contribution in [1.82, 2.24) is 0 Å². The van der Waals surface area contributed by atoms with Gasteiger partial charge in [0.25, 0.3) is 0 Å². The van der Waals surface area contributed by atoms with E-state index in [1.165, 1.54) is 0 Å². The minimum atomic E-state index is -0.436. The lowest BCUT2D eigenvalue weighted by Crippen LogP contribution is -2.11. The zero-order chi connectivity index (χ0) is 30.3. The fourth-order valence-corrected chi connectivity index (χ4v) is 5.09. The predicted octanol–water partition coefficient (Wildman–Crippen LogP) is 10.8. The van der Waals surface area contributed by atoms with Gasteiger partial charge in [0.05, 0.1) is 0 Å². The van der Waals surface area contributed by atoms with Crippen LogP contribution in [0.25, 0.3) is 11.1 Å². The van der Waals surface area contributed by atoms with E-state index >= 15 is 0 Å². The van der Waals surface area contributed by atoms with Crippen LogP contribution in [0.5, 0.6) is 5.75 Å². The molecule has 0 saturated heterocycles. The largest absolute Gasteiger partial charge is 0.423 e. The zero-order valence-corrected chi connectivity index (χ0v) is 24.5. The Morgan fingerprint density at radius 1 is 0.455 bits per heavy atom. The van der Waals surface area contributed by atoms with Gasteiger partial charge in [-0.3, -0.25) is 0 Å². The number of carbonyl (C=O) groups is 1. The highest BCUT2D eigenvalue weighted by atomic mass is 16.5. The molecule has 0 heterocycles. The fraction of sp³-hybridized carbons (Fsp3) is 0.0250. The first-order valence-electron chi connectivity index (χ1n) is 14.5. The Balaban J connectivity index is 1.28. The molecule has 0 aliphatic rings. The van der Waals surface area contributed by atoms with E-state index in [1.54, 1.807) is 19.1 Å². The van der Waals surface area contributed by atoms with Crippen LogP contribution in [0.15, 0.2) is 176 Å². The number of hydrogen-bond acceptors (Lipinski definition) is 4. The van der Waals surface area contributed by atoms with E-state index in [-0.39, 0.29) is 0 Å². The Kier molecular flexibility index (Phi) is 8.33. The normalized spacial score (nSPS) is 10.6. The third-order valence-electron chi connectivity index (χ3n) is 7.28. The molecule has 0 amide bonds. The number of para-hydroxylation sites is 3. The van der Waals surface area contributed by atoms with Crippen molar-refractivity contribution in [3.63, 3.8) is 0 Å². The Morgan fingerprint density at radius 3 is 1.07 bits per heavy atom. The van der Waals surface area contributed by atoms with Gasteiger partial charge in [0.15, 0.2) is 0 Å². The average Bonchev–Trinajstić information content (AvgIpc) is 3.08. The van der Waals surface area contributed by atoms with Crippen molar-refractivity contribution in [2.75, 3.05) is 9.80 Å². The van der Waals surface area contributed by atoms with Crippen LogP contribution >= 0.6 is 0 Å². The van der Waals surface area contributed by atoms with Gasteiger partial charge in [-0.2, -0.15) is 0 Å². The molecule has 4 nitrogen and oxygen atoms in total. The summed E-state index contributed by atoms with van der Waals surface area (Å²) in [5, 5.41) is 0. The first-order valence-corrected chi connectivity index (χ1v) is 14.5. The van der Waals surface area contributed by atoms with Gasteiger partial charge < -0.3 is 14.5 Å². The molecule has 0 fully saturated rings. The van der Waals surface area contributed by atoms with E-state index < -0.39 is 5.97 Å². The highest BCUT2D eigenvalue weighted by Gasteiger charge is 2.15. The van der Waals surface area contributed by atoms with Crippen molar-refractivity contribution in [3.05, 3.63) is 176 Å². The van der Waals surface area contributed by atoms with Gasteiger partial charge in [0.2, 0.25) is 0 Å². The van der Waals surface area contributed by atoms with Gasteiger partial charge in [-0.05, 0) is 103 Å². The topological polar surface area (TPSA) is 32.8 Å². The van der Waals surface area contributed by atoms with Crippen molar-refractivity contribution in [1.29, 1.82) is 0 Å². The van der Waals surface area contributed by atoms with Crippen LogP contribution in [-0.2, 0) is 4.79 Å². The maximum atomic E-state index is 12.0. The number of ether oxygens (including phenoxy) is 1. The predicted molar refractivity (Wildman–Crippen MR) is 182 cm³/mol. The summed E-state index contributed by atoms with van der Waals surface area (Å²) < 4.78 is 5.40. The Hall–Kier alpha value is -5.87. The third-order valence-corrected chi connectivity index (χ3v) is 7.28. The second kappa shape index (κ2) is 13.0. The van der Waals surface area contributed by atoms with E-state index in [9.17, 15) is 4.79 Å². The van der Waals surface area contributed by atoms with Crippen LogP contribution in [0.3, 0.4) is 0 Å². The first-order chi connectivity index (χ1) is 21.6. The lowest BCUT2D eigenvalue weighted by Gasteiger charge is -2.26. The number of rotatable bonds is 9. The summed E-state index contributed by atoms with van der Waals surface area (Å²) in [5.41, 5.74) is 8.93. The number of benzene rings is 6. The molecule has 214 valence electrons. The molecular weight excluding hydrogens is 540 g/mol. The molecule has 44 heavy (non-hydrogen) atoms. The van der Waals surface area contributed by atoms with Crippen LogP contribution < -0.4 is 14.5 Å². The van der Waals surface area contributed by atoms with Gasteiger partial charge in [-0.25, -0.2) is 4.79 Å². The highest BCUT2D eigenvalue weighted by molar-refractivity contribution is 5.89. The molecular formula is C40H32N2O2. The number of esters is 1. The van der Waals surface area contributed by atoms with Crippen molar-refractivity contribution >= 4 is 40.1 Å². The number of hydrogen-bond donors (Lipinski definition) is 0. The second-order valence-electron chi connectivity index (χ2n) is 10.4. The van der Waals surface area contributed by atoms with Crippen molar-refractivity contribution in [3.8, 4) is 16.9 Å². The molecule has 0 radical (unpaired) electrons. The molecule has 0 N–H and O–H groups in total. The highest BCUT2D eigenvalue weighted by Crippen LogP contribution is 2.38.